The number of fused-ring (bicyclic) bond motifs is 1. The Morgan fingerprint density at radius 3 is 2.70 bits per heavy atom. The molecule has 3 aromatic rings. The first-order valence-corrected chi connectivity index (χ1v) is 8.76. The number of aromatic nitrogens is 4. The van der Waals surface area contributed by atoms with Crippen molar-refractivity contribution >= 4 is 0 Å². The Labute approximate surface area is 156 Å². The lowest BCUT2D eigenvalue weighted by Gasteiger charge is -2.35. The largest absolute Gasteiger partial charge is 0.493 e. The van der Waals surface area contributed by atoms with Gasteiger partial charge in [0.25, 0.3) is 0 Å². The summed E-state index contributed by atoms with van der Waals surface area (Å²) in [6.45, 7) is 1.36. The molecule has 27 heavy (non-hydrogen) atoms. The van der Waals surface area contributed by atoms with Crippen LogP contribution >= 0.6 is 0 Å². The molecule has 1 aliphatic heterocycles. The molecule has 1 aromatic carbocycles. The van der Waals surface area contributed by atoms with Gasteiger partial charge in [-0.25, -0.2) is 14.4 Å². The van der Waals surface area contributed by atoms with Gasteiger partial charge in [-0.1, -0.05) is 0 Å². The summed E-state index contributed by atoms with van der Waals surface area (Å²) in [4.78, 5) is 14.3. The van der Waals surface area contributed by atoms with Gasteiger partial charge in [0, 0.05) is 49.7 Å². The summed E-state index contributed by atoms with van der Waals surface area (Å²) < 4.78 is 27.6. The van der Waals surface area contributed by atoms with Gasteiger partial charge in [-0.15, -0.1) is 0 Å². The molecule has 4 rings (SSSR count). The smallest absolute Gasteiger partial charge is 0.163 e. The Balaban J connectivity index is 1.80. The van der Waals surface area contributed by atoms with E-state index in [1.807, 2.05) is 17.8 Å². The third-order valence-corrected chi connectivity index (χ3v) is 5.09. The Hall–Kier alpha value is -2.87. The molecular formula is C19H22FN5O2. The number of benzene rings is 1. The Kier molecular flexibility index (Phi) is 4.57. The monoisotopic (exact) mass is 371 g/mol. The normalized spacial score (nSPS) is 17.0. The number of aryl methyl sites for hydroxylation is 1. The van der Waals surface area contributed by atoms with E-state index in [9.17, 15) is 0 Å². The van der Waals surface area contributed by atoms with Crippen molar-refractivity contribution in [2.24, 2.45) is 7.05 Å². The minimum atomic E-state index is -0.349. The summed E-state index contributed by atoms with van der Waals surface area (Å²) in [6.07, 6.45) is 6.17. The number of rotatable bonds is 5. The second-order valence-corrected chi connectivity index (χ2v) is 6.57. The van der Waals surface area contributed by atoms with E-state index in [0.29, 0.717) is 23.6 Å². The van der Waals surface area contributed by atoms with Crippen LogP contribution in [0.2, 0.25) is 0 Å². The minimum Gasteiger partial charge on any atom is -0.493 e. The first kappa shape index (κ1) is 17.5. The van der Waals surface area contributed by atoms with Gasteiger partial charge in [0.15, 0.2) is 11.5 Å². The van der Waals surface area contributed by atoms with Crippen molar-refractivity contribution in [2.75, 3.05) is 20.8 Å². The van der Waals surface area contributed by atoms with E-state index in [1.165, 1.54) is 13.2 Å². The second-order valence-electron chi connectivity index (χ2n) is 6.57. The third-order valence-electron chi connectivity index (χ3n) is 5.09. The van der Waals surface area contributed by atoms with Crippen molar-refractivity contribution in [2.45, 2.75) is 19.0 Å². The molecule has 0 bridgehead atoms. The highest BCUT2D eigenvalue weighted by atomic mass is 19.1. The number of hydrogen-bond acceptors (Lipinski definition) is 5. The SMILES string of the molecule is COc1cc(F)c([C@H]2c3nc[nH]c3CCN2Cc2nccn2C)cc1OC. The fourth-order valence-corrected chi connectivity index (χ4v) is 3.65. The predicted molar refractivity (Wildman–Crippen MR) is 97.3 cm³/mol. The zero-order chi connectivity index (χ0) is 19.0. The van der Waals surface area contributed by atoms with E-state index in [4.69, 9.17) is 9.47 Å². The van der Waals surface area contributed by atoms with Gasteiger partial charge < -0.3 is 19.0 Å². The average molecular weight is 371 g/mol. The summed E-state index contributed by atoms with van der Waals surface area (Å²) in [7, 11) is 5.00. The minimum absolute atomic E-state index is 0.337. The molecule has 0 amide bonds. The van der Waals surface area contributed by atoms with Crippen LogP contribution < -0.4 is 9.47 Å². The van der Waals surface area contributed by atoms with Crippen LogP contribution in [0, 0.1) is 5.82 Å². The second kappa shape index (κ2) is 7.03. The van der Waals surface area contributed by atoms with Crippen LogP contribution in [0.15, 0.2) is 30.9 Å². The molecule has 0 spiro atoms. The van der Waals surface area contributed by atoms with Gasteiger partial charge in [-0.2, -0.15) is 0 Å². The predicted octanol–water partition coefficient (Wildman–Crippen LogP) is 2.45. The van der Waals surface area contributed by atoms with Gasteiger partial charge in [-0.05, 0) is 6.07 Å². The summed E-state index contributed by atoms with van der Waals surface area (Å²) >= 11 is 0. The molecule has 7 nitrogen and oxygen atoms in total. The van der Waals surface area contributed by atoms with E-state index >= 15 is 4.39 Å². The molecule has 3 heterocycles. The maximum absolute atomic E-state index is 15.0. The van der Waals surface area contributed by atoms with E-state index in [0.717, 1.165) is 30.2 Å². The van der Waals surface area contributed by atoms with Crippen LogP contribution in [0.3, 0.4) is 0 Å². The number of H-pyrrole nitrogens is 1. The number of methoxy groups -OCH3 is 2. The van der Waals surface area contributed by atoms with Crippen molar-refractivity contribution in [1.29, 1.82) is 0 Å². The molecule has 0 fully saturated rings. The van der Waals surface area contributed by atoms with Crippen LogP contribution in [-0.4, -0.2) is 45.2 Å². The molecule has 2 aromatic heterocycles. The summed E-state index contributed by atoms with van der Waals surface area (Å²) in [5.74, 6) is 1.43. The number of hydrogen-bond donors (Lipinski definition) is 1. The van der Waals surface area contributed by atoms with E-state index in [2.05, 4.69) is 19.9 Å². The van der Waals surface area contributed by atoms with Gasteiger partial charge in [0.2, 0.25) is 0 Å². The zero-order valence-corrected chi connectivity index (χ0v) is 15.6. The molecule has 0 aliphatic carbocycles. The molecule has 0 saturated heterocycles. The van der Waals surface area contributed by atoms with Gasteiger partial charge in [0.1, 0.15) is 11.6 Å². The van der Waals surface area contributed by atoms with E-state index < -0.39 is 0 Å². The Bertz CT molecular complexity index is 951. The average Bonchev–Trinajstić information content (AvgIpc) is 3.31. The first-order chi connectivity index (χ1) is 13.1. The summed E-state index contributed by atoms with van der Waals surface area (Å²) in [5.41, 5.74) is 2.38. The molecule has 0 radical (unpaired) electrons. The lowest BCUT2D eigenvalue weighted by molar-refractivity contribution is 0.189. The van der Waals surface area contributed by atoms with Crippen molar-refractivity contribution in [1.82, 2.24) is 24.4 Å². The quantitative estimate of drug-likeness (QED) is 0.746. The number of nitrogens with one attached hydrogen (secondary N) is 1. The molecular weight excluding hydrogens is 349 g/mol. The van der Waals surface area contributed by atoms with Crippen molar-refractivity contribution < 1.29 is 13.9 Å². The van der Waals surface area contributed by atoms with E-state index in [1.54, 1.807) is 25.7 Å². The lowest BCUT2D eigenvalue weighted by Crippen LogP contribution is -2.37. The first-order valence-electron chi connectivity index (χ1n) is 8.76. The van der Waals surface area contributed by atoms with Crippen LogP contribution in [-0.2, 0) is 20.0 Å². The maximum Gasteiger partial charge on any atom is 0.163 e. The van der Waals surface area contributed by atoms with Crippen molar-refractivity contribution in [3.63, 3.8) is 0 Å². The summed E-state index contributed by atoms with van der Waals surface area (Å²) in [5, 5.41) is 0. The molecule has 0 unspecified atom stereocenters. The maximum atomic E-state index is 15.0. The molecule has 8 heteroatoms. The number of imidazole rings is 2. The highest BCUT2D eigenvalue weighted by Crippen LogP contribution is 2.39. The third kappa shape index (κ3) is 3.06. The van der Waals surface area contributed by atoms with E-state index in [-0.39, 0.29) is 11.9 Å². The number of aromatic amines is 1. The van der Waals surface area contributed by atoms with Gasteiger partial charge >= 0.3 is 0 Å². The van der Waals surface area contributed by atoms with Crippen LogP contribution in [0.25, 0.3) is 0 Å². The fraction of sp³-hybridized carbons (Fsp3) is 0.368. The molecule has 1 aliphatic rings. The Morgan fingerprint density at radius 2 is 2.00 bits per heavy atom. The molecule has 1 atom stereocenters. The topological polar surface area (TPSA) is 68.2 Å². The lowest BCUT2D eigenvalue weighted by atomic mass is 9.94. The van der Waals surface area contributed by atoms with Crippen molar-refractivity contribution in [3.05, 3.63) is 59.4 Å². The fourth-order valence-electron chi connectivity index (χ4n) is 3.65. The van der Waals surface area contributed by atoms with Gasteiger partial charge in [0.05, 0.1) is 38.8 Å². The molecule has 142 valence electrons. The Morgan fingerprint density at radius 1 is 1.22 bits per heavy atom. The standard InChI is InChI=1S/C19H22FN5O2/c1-24-7-5-21-17(24)10-25-6-4-14-18(23-11-22-14)19(25)12-8-15(26-2)16(27-3)9-13(12)20/h5,7-9,11,19H,4,6,10H2,1-3H3,(H,22,23)/t19-/m0/s1. The molecule has 0 saturated carbocycles. The molecule has 1 N–H and O–H groups in total. The highest BCUT2D eigenvalue weighted by molar-refractivity contribution is 5.47. The highest BCUT2D eigenvalue weighted by Gasteiger charge is 2.34. The van der Waals surface area contributed by atoms with Crippen LogP contribution in [0.4, 0.5) is 4.39 Å². The summed E-state index contributed by atoms with van der Waals surface area (Å²) in [6, 6.07) is 2.73. The van der Waals surface area contributed by atoms with Crippen LogP contribution in [0.1, 0.15) is 28.8 Å². The van der Waals surface area contributed by atoms with Gasteiger partial charge in [-0.3, -0.25) is 4.90 Å². The number of halogens is 1. The zero-order valence-electron chi connectivity index (χ0n) is 15.6. The number of nitrogens with zero attached hydrogens (tertiary/aromatic N) is 4. The number of ether oxygens (including phenoxy) is 2. The van der Waals surface area contributed by atoms with Crippen LogP contribution in [0.5, 0.6) is 11.5 Å². The van der Waals surface area contributed by atoms with Crippen molar-refractivity contribution in [3.8, 4) is 11.5 Å².